The number of nitrogens with one attached hydrogen (secondary N) is 1. The van der Waals surface area contributed by atoms with Gasteiger partial charge in [-0.15, -0.1) is 0 Å². The Hall–Kier alpha value is -1.47. The second-order valence-corrected chi connectivity index (χ2v) is 8.66. The van der Waals surface area contributed by atoms with Crippen LogP contribution in [0.4, 0.5) is 0 Å². The molecule has 0 aliphatic heterocycles. The third kappa shape index (κ3) is 6.85. The molecule has 0 bridgehead atoms. The van der Waals surface area contributed by atoms with Crippen molar-refractivity contribution >= 4 is 5.97 Å². The second kappa shape index (κ2) is 10.9. The van der Waals surface area contributed by atoms with E-state index in [1.165, 1.54) is 38.5 Å². The SMILES string of the molecule is O=C(O)CC(CCCC1CCCCC1)c1nc(CNC2CCC(O)CC2)no1. The van der Waals surface area contributed by atoms with E-state index < -0.39 is 5.97 Å². The van der Waals surface area contributed by atoms with Crippen molar-refractivity contribution in [3.8, 4) is 0 Å². The van der Waals surface area contributed by atoms with Crippen LogP contribution in [0.5, 0.6) is 0 Å². The largest absolute Gasteiger partial charge is 0.481 e. The van der Waals surface area contributed by atoms with E-state index in [1.807, 2.05) is 0 Å². The maximum atomic E-state index is 11.3. The van der Waals surface area contributed by atoms with Crippen molar-refractivity contribution in [1.29, 1.82) is 0 Å². The Kier molecular flexibility index (Phi) is 8.27. The first-order valence-corrected chi connectivity index (χ1v) is 11.1. The number of carbonyl (C=O) groups is 1. The van der Waals surface area contributed by atoms with Crippen molar-refractivity contribution < 1.29 is 19.5 Å². The van der Waals surface area contributed by atoms with E-state index in [0.717, 1.165) is 44.4 Å². The van der Waals surface area contributed by atoms with Crippen molar-refractivity contribution in [2.45, 2.75) is 108 Å². The quantitative estimate of drug-likeness (QED) is 0.555. The number of aliphatic hydroxyl groups excluding tert-OH is 1. The molecule has 0 spiro atoms. The third-order valence-corrected chi connectivity index (χ3v) is 6.39. The van der Waals surface area contributed by atoms with E-state index >= 15 is 0 Å². The normalized spacial score (nSPS) is 24.9. The van der Waals surface area contributed by atoms with Gasteiger partial charge in [-0.05, 0) is 38.0 Å². The highest BCUT2D eigenvalue weighted by molar-refractivity contribution is 5.67. The van der Waals surface area contributed by atoms with Gasteiger partial charge in [0.2, 0.25) is 5.89 Å². The maximum Gasteiger partial charge on any atom is 0.304 e. The summed E-state index contributed by atoms with van der Waals surface area (Å²) in [4.78, 5) is 15.8. The third-order valence-electron chi connectivity index (χ3n) is 6.39. The minimum absolute atomic E-state index is 0.0419. The summed E-state index contributed by atoms with van der Waals surface area (Å²) in [6.07, 6.45) is 13.1. The molecule has 0 aromatic carbocycles. The minimum Gasteiger partial charge on any atom is -0.481 e. The van der Waals surface area contributed by atoms with Gasteiger partial charge in [0.25, 0.3) is 0 Å². The van der Waals surface area contributed by atoms with E-state index in [0.29, 0.717) is 24.3 Å². The minimum atomic E-state index is -0.818. The van der Waals surface area contributed by atoms with Crippen molar-refractivity contribution in [1.82, 2.24) is 15.5 Å². The van der Waals surface area contributed by atoms with Gasteiger partial charge in [0.1, 0.15) is 0 Å². The number of aliphatic carboxylic acids is 1. The molecule has 28 heavy (non-hydrogen) atoms. The van der Waals surface area contributed by atoms with Crippen LogP contribution < -0.4 is 5.32 Å². The van der Waals surface area contributed by atoms with Crippen LogP contribution in [0.15, 0.2) is 4.52 Å². The standard InChI is InChI=1S/C21H35N3O4/c25-18-11-9-17(10-12-18)22-14-19-23-21(28-24-19)16(13-20(26)27)8-4-7-15-5-2-1-3-6-15/h15-18,22,25H,1-14H2,(H,26,27). The van der Waals surface area contributed by atoms with E-state index in [9.17, 15) is 15.0 Å². The number of carboxylic acids is 1. The molecule has 2 fully saturated rings. The van der Waals surface area contributed by atoms with Gasteiger partial charge in [0.15, 0.2) is 5.82 Å². The first kappa shape index (κ1) is 21.2. The van der Waals surface area contributed by atoms with Crippen LogP contribution in [0.25, 0.3) is 0 Å². The van der Waals surface area contributed by atoms with Crippen LogP contribution in [-0.2, 0) is 11.3 Å². The Morgan fingerprint density at radius 1 is 1.14 bits per heavy atom. The molecular weight excluding hydrogens is 358 g/mol. The summed E-state index contributed by atoms with van der Waals surface area (Å²) in [7, 11) is 0. The molecule has 1 heterocycles. The van der Waals surface area contributed by atoms with Crippen LogP contribution in [0.1, 0.15) is 101 Å². The molecule has 0 saturated heterocycles. The van der Waals surface area contributed by atoms with Crippen LogP contribution in [0.2, 0.25) is 0 Å². The van der Waals surface area contributed by atoms with Crippen LogP contribution in [-0.4, -0.2) is 38.5 Å². The monoisotopic (exact) mass is 393 g/mol. The molecule has 1 aromatic rings. The predicted octanol–water partition coefficient (Wildman–Crippen LogP) is 3.77. The fraction of sp³-hybridized carbons (Fsp3) is 0.857. The lowest BCUT2D eigenvalue weighted by Gasteiger charge is -2.25. The average Bonchev–Trinajstić information content (AvgIpc) is 3.16. The smallest absolute Gasteiger partial charge is 0.304 e. The zero-order valence-electron chi connectivity index (χ0n) is 16.8. The lowest BCUT2D eigenvalue weighted by molar-refractivity contribution is -0.137. The molecule has 1 unspecified atom stereocenters. The summed E-state index contributed by atoms with van der Waals surface area (Å²) < 4.78 is 5.42. The Labute approximate surface area is 167 Å². The molecule has 1 atom stereocenters. The first-order chi connectivity index (χ1) is 13.6. The number of hydrogen-bond donors (Lipinski definition) is 3. The zero-order chi connectivity index (χ0) is 19.8. The van der Waals surface area contributed by atoms with Crippen LogP contribution >= 0.6 is 0 Å². The summed E-state index contributed by atoms with van der Waals surface area (Å²) in [5.41, 5.74) is 0. The molecule has 2 aliphatic rings. The molecule has 7 heteroatoms. The van der Waals surface area contributed by atoms with Gasteiger partial charge in [-0.1, -0.05) is 50.1 Å². The average molecular weight is 394 g/mol. The van der Waals surface area contributed by atoms with Gasteiger partial charge in [-0.2, -0.15) is 4.98 Å². The number of nitrogens with zero attached hydrogens (tertiary/aromatic N) is 2. The van der Waals surface area contributed by atoms with E-state index in [-0.39, 0.29) is 18.4 Å². The van der Waals surface area contributed by atoms with Gasteiger partial charge in [-0.25, -0.2) is 0 Å². The molecule has 1 aromatic heterocycles. The summed E-state index contributed by atoms with van der Waals surface area (Å²) in [6, 6.07) is 0.371. The van der Waals surface area contributed by atoms with Crippen molar-refractivity contribution in [2.75, 3.05) is 0 Å². The van der Waals surface area contributed by atoms with E-state index in [2.05, 4.69) is 15.5 Å². The Bertz CT molecular complexity index is 592. The van der Waals surface area contributed by atoms with Crippen molar-refractivity contribution in [2.24, 2.45) is 5.92 Å². The summed E-state index contributed by atoms with van der Waals surface area (Å²) in [5, 5.41) is 26.3. The van der Waals surface area contributed by atoms with E-state index in [4.69, 9.17) is 4.52 Å². The summed E-state index contributed by atoms with van der Waals surface area (Å²) >= 11 is 0. The molecule has 7 nitrogen and oxygen atoms in total. The lowest BCUT2D eigenvalue weighted by Crippen LogP contribution is -2.34. The number of hydrogen-bond acceptors (Lipinski definition) is 6. The molecule has 3 rings (SSSR count). The summed E-state index contributed by atoms with van der Waals surface area (Å²) in [5.74, 6) is 0.829. The molecule has 0 radical (unpaired) electrons. The van der Waals surface area contributed by atoms with Crippen LogP contribution in [0.3, 0.4) is 0 Å². The number of aliphatic hydroxyl groups is 1. The predicted molar refractivity (Wildman–Crippen MR) is 105 cm³/mol. The summed E-state index contributed by atoms with van der Waals surface area (Å²) in [6.45, 7) is 0.520. The highest BCUT2D eigenvalue weighted by Gasteiger charge is 2.24. The maximum absolute atomic E-state index is 11.3. The fourth-order valence-corrected chi connectivity index (χ4v) is 4.67. The molecule has 2 aliphatic carbocycles. The van der Waals surface area contributed by atoms with Crippen molar-refractivity contribution in [3.05, 3.63) is 11.7 Å². The fourth-order valence-electron chi connectivity index (χ4n) is 4.67. The highest BCUT2D eigenvalue weighted by atomic mass is 16.5. The first-order valence-electron chi connectivity index (χ1n) is 11.1. The topological polar surface area (TPSA) is 108 Å². The zero-order valence-corrected chi connectivity index (χ0v) is 16.8. The number of rotatable bonds is 10. The van der Waals surface area contributed by atoms with Gasteiger partial charge in [-0.3, -0.25) is 4.79 Å². The van der Waals surface area contributed by atoms with Gasteiger partial charge in [0.05, 0.1) is 19.1 Å². The molecule has 0 amide bonds. The number of aromatic nitrogens is 2. The van der Waals surface area contributed by atoms with Crippen LogP contribution in [0, 0.1) is 5.92 Å². The van der Waals surface area contributed by atoms with Gasteiger partial charge >= 0.3 is 5.97 Å². The molecule has 3 N–H and O–H groups in total. The number of carboxylic acid groups (broad SMARTS) is 1. The second-order valence-electron chi connectivity index (χ2n) is 8.66. The highest BCUT2D eigenvalue weighted by Crippen LogP contribution is 2.31. The Morgan fingerprint density at radius 2 is 1.89 bits per heavy atom. The van der Waals surface area contributed by atoms with Gasteiger partial charge in [0, 0.05) is 12.0 Å². The molecular formula is C21H35N3O4. The van der Waals surface area contributed by atoms with Gasteiger partial charge < -0.3 is 20.1 Å². The Balaban J connectivity index is 1.47. The lowest BCUT2D eigenvalue weighted by atomic mass is 9.84. The Morgan fingerprint density at radius 3 is 2.61 bits per heavy atom. The molecule has 158 valence electrons. The molecule has 2 saturated carbocycles. The van der Waals surface area contributed by atoms with E-state index in [1.54, 1.807) is 0 Å². The van der Waals surface area contributed by atoms with Crippen molar-refractivity contribution in [3.63, 3.8) is 0 Å².